The van der Waals surface area contributed by atoms with Gasteiger partial charge in [-0.1, -0.05) is 23.7 Å². The molecule has 1 fully saturated rings. The maximum Gasteiger partial charge on any atom is 0.310 e. The molecular weight excluding hydrogens is 316 g/mol. The highest BCUT2D eigenvalue weighted by Gasteiger charge is 2.27. The van der Waals surface area contributed by atoms with Gasteiger partial charge >= 0.3 is 5.97 Å². The van der Waals surface area contributed by atoms with Crippen LogP contribution in [-0.2, 0) is 20.9 Å². The highest BCUT2D eigenvalue weighted by atomic mass is 35.5. The Balaban J connectivity index is 1.76. The Bertz CT molecular complexity index is 533. The van der Waals surface area contributed by atoms with Gasteiger partial charge in [0.1, 0.15) is 0 Å². The third-order valence-corrected chi connectivity index (χ3v) is 4.15. The van der Waals surface area contributed by atoms with Crippen molar-refractivity contribution >= 4 is 23.5 Å². The first-order chi connectivity index (χ1) is 11.1. The molecule has 2 rings (SSSR count). The third kappa shape index (κ3) is 5.84. The van der Waals surface area contributed by atoms with E-state index in [-0.39, 0.29) is 17.8 Å². The fraction of sp³-hybridized carbons (Fsp3) is 0.529. The SMILES string of the molecule is CCOC(=O)[C@H]1CCCN(CC(=O)NCc2ccc(Cl)cc2)C1. The summed E-state index contributed by atoms with van der Waals surface area (Å²) in [6.45, 7) is 4.42. The zero-order valence-corrected chi connectivity index (χ0v) is 14.1. The lowest BCUT2D eigenvalue weighted by Gasteiger charge is -2.30. The van der Waals surface area contributed by atoms with Gasteiger partial charge in [-0.2, -0.15) is 0 Å². The van der Waals surface area contributed by atoms with Crippen LogP contribution in [0.1, 0.15) is 25.3 Å². The van der Waals surface area contributed by atoms with Crippen LogP contribution in [0.15, 0.2) is 24.3 Å². The van der Waals surface area contributed by atoms with Gasteiger partial charge in [-0.3, -0.25) is 14.5 Å². The molecule has 1 saturated heterocycles. The molecule has 0 aromatic heterocycles. The summed E-state index contributed by atoms with van der Waals surface area (Å²) < 4.78 is 5.07. The Morgan fingerprint density at radius 2 is 2.09 bits per heavy atom. The molecule has 1 atom stereocenters. The first-order valence-corrected chi connectivity index (χ1v) is 8.36. The predicted molar refractivity (Wildman–Crippen MR) is 89.1 cm³/mol. The summed E-state index contributed by atoms with van der Waals surface area (Å²) in [5.41, 5.74) is 1.01. The van der Waals surface area contributed by atoms with Gasteiger partial charge in [0, 0.05) is 18.1 Å². The number of hydrogen-bond donors (Lipinski definition) is 1. The second-order valence-corrected chi connectivity index (χ2v) is 6.17. The summed E-state index contributed by atoms with van der Waals surface area (Å²) in [6, 6.07) is 7.38. The summed E-state index contributed by atoms with van der Waals surface area (Å²) >= 11 is 5.83. The summed E-state index contributed by atoms with van der Waals surface area (Å²) in [4.78, 5) is 25.9. The molecule has 0 spiro atoms. The van der Waals surface area contributed by atoms with Crippen molar-refractivity contribution in [1.82, 2.24) is 10.2 Å². The van der Waals surface area contributed by atoms with Crippen molar-refractivity contribution in [1.29, 1.82) is 0 Å². The Labute approximate surface area is 141 Å². The lowest BCUT2D eigenvalue weighted by molar-refractivity contribution is -0.150. The molecule has 0 radical (unpaired) electrons. The molecule has 1 aromatic carbocycles. The van der Waals surface area contributed by atoms with E-state index < -0.39 is 0 Å². The van der Waals surface area contributed by atoms with Crippen LogP contribution in [0.3, 0.4) is 0 Å². The van der Waals surface area contributed by atoms with Crippen LogP contribution in [0.2, 0.25) is 5.02 Å². The number of amides is 1. The fourth-order valence-electron chi connectivity index (χ4n) is 2.71. The number of likely N-dealkylation sites (tertiary alicyclic amines) is 1. The molecule has 0 saturated carbocycles. The molecule has 126 valence electrons. The van der Waals surface area contributed by atoms with Gasteiger partial charge in [0.25, 0.3) is 0 Å². The summed E-state index contributed by atoms with van der Waals surface area (Å²) in [5, 5.41) is 3.57. The minimum atomic E-state index is -0.154. The van der Waals surface area contributed by atoms with Gasteiger partial charge in [-0.05, 0) is 44.0 Å². The smallest absolute Gasteiger partial charge is 0.310 e. The molecule has 6 heteroatoms. The summed E-state index contributed by atoms with van der Waals surface area (Å²) in [5.74, 6) is -0.309. The Morgan fingerprint density at radius 3 is 2.78 bits per heavy atom. The van der Waals surface area contributed by atoms with Crippen molar-refractivity contribution in [3.05, 3.63) is 34.9 Å². The summed E-state index contributed by atoms with van der Waals surface area (Å²) in [6.07, 6.45) is 1.75. The molecule has 0 aliphatic carbocycles. The standard InChI is InChI=1S/C17H23ClN2O3/c1-2-23-17(22)14-4-3-9-20(11-14)12-16(21)19-10-13-5-7-15(18)8-6-13/h5-8,14H,2-4,9-12H2,1H3,(H,19,21)/t14-/m0/s1. The molecule has 1 aliphatic heterocycles. The van der Waals surface area contributed by atoms with Crippen molar-refractivity contribution < 1.29 is 14.3 Å². The normalized spacial score (nSPS) is 18.4. The van der Waals surface area contributed by atoms with E-state index in [0.29, 0.717) is 31.3 Å². The largest absolute Gasteiger partial charge is 0.466 e. The van der Waals surface area contributed by atoms with E-state index in [1.54, 1.807) is 12.1 Å². The first-order valence-electron chi connectivity index (χ1n) is 7.98. The quantitative estimate of drug-likeness (QED) is 0.808. The van der Waals surface area contributed by atoms with Crippen LogP contribution < -0.4 is 5.32 Å². The average molecular weight is 339 g/mol. The van der Waals surface area contributed by atoms with E-state index in [0.717, 1.165) is 24.9 Å². The van der Waals surface area contributed by atoms with Crippen molar-refractivity contribution in [2.45, 2.75) is 26.3 Å². The van der Waals surface area contributed by atoms with Crippen molar-refractivity contribution in [3.8, 4) is 0 Å². The van der Waals surface area contributed by atoms with Gasteiger partial charge in [-0.25, -0.2) is 0 Å². The first kappa shape index (κ1) is 17.8. The van der Waals surface area contributed by atoms with Gasteiger partial charge in [0.2, 0.25) is 5.91 Å². The number of carbonyl (C=O) groups excluding carboxylic acids is 2. The monoisotopic (exact) mass is 338 g/mol. The number of ether oxygens (including phenoxy) is 1. The van der Waals surface area contributed by atoms with E-state index in [2.05, 4.69) is 5.32 Å². The molecule has 1 heterocycles. The number of benzene rings is 1. The van der Waals surface area contributed by atoms with E-state index in [1.165, 1.54) is 0 Å². The highest BCUT2D eigenvalue weighted by Crippen LogP contribution is 2.17. The van der Waals surface area contributed by atoms with Crippen LogP contribution in [0, 0.1) is 5.92 Å². The van der Waals surface area contributed by atoms with E-state index in [9.17, 15) is 9.59 Å². The number of carbonyl (C=O) groups is 2. The molecule has 0 bridgehead atoms. The molecule has 1 amide bonds. The van der Waals surface area contributed by atoms with Crippen molar-refractivity contribution in [2.24, 2.45) is 5.92 Å². The number of nitrogens with one attached hydrogen (secondary N) is 1. The number of nitrogens with zero attached hydrogens (tertiary/aromatic N) is 1. The van der Waals surface area contributed by atoms with Crippen LogP contribution in [0.4, 0.5) is 0 Å². The second kappa shape index (κ2) is 8.89. The number of rotatable bonds is 6. The maximum atomic E-state index is 12.1. The van der Waals surface area contributed by atoms with Gasteiger partial charge in [-0.15, -0.1) is 0 Å². The minimum absolute atomic E-state index is 0.0375. The maximum absolute atomic E-state index is 12.1. The lowest BCUT2D eigenvalue weighted by Crippen LogP contribution is -2.44. The van der Waals surface area contributed by atoms with Gasteiger partial charge < -0.3 is 10.1 Å². The van der Waals surface area contributed by atoms with Crippen molar-refractivity contribution in [3.63, 3.8) is 0 Å². The minimum Gasteiger partial charge on any atom is -0.466 e. The molecule has 5 nitrogen and oxygen atoms in total. The van der Waals surface area contributed by atoms with Crippen molar-refractivity contribution in [2.75, 3.05) is 26.2 Å². The number of hydrogen-bond acceptors (Lipinski definition) is 4. The molecule has 1 aromatic rings. The lowest BCUT2D eigenvalue weighted by atomic mass is 9.98. The van der Waals surface area contributed by atoms with E-state index in [4.69, 9.17) is 16.3 Å². The topological polar surface area (TPSA) is 58.6 Å². The number of piperidine rings is 1. The Morgan fingerprint density at radius 1 is 1.35 bits per heavy atom. The van der Waals surface area contributed by atoms with Crippen LogP contribution in [0.5, 0.6) is 0 Å². The third-order valence-electron chi connectivity index (χ3n) is 3.90. The zero-order chi connectivity index (χ0) is 16.7. The number of esters is 1. The molecular formula is C17H23ClN2O3. The van der Waals surface area contributed by atoms with Crippen LogP contribution in [-0.4, -0.2) is 43.0 Å². The average Bonchev–Trinajstić information content (AvgIpc) is 2.55. The van der Waals surface area contributed by atoms with Gasteiger partial charge in [0.05, 0.1) is 19.1 Å². The number of halogens is 1. The van der Waals surface area contributed by atoms with E-state index in [1.807, 2.05) is 24.0 Å². The fourth-order valence-corrected chi connectivity index (χ4v) is 2.84. The van der Waals surface area contributed by atoms with Gasteiger partial charge in [0.15, 0.2) is 0 Å². The zero-order valence-electron chi connectivity index (χ0n) is 13.4. The summed E-state index contributed by atoms with van der Waals surface area (Å²) in [7, 11) is 0. The van der Waals surface area contributed by atoms with Crippen LogP contribution in [0.25, 0.3) is 0 Å². The van der Waals surface area contributed by atoms with E-state index >= 15 is 0 Å². The Hall–Kier alpha value is -1.59. The highest BCUT2D eigenvalue weighted by molar-refractivity contribution is 6.30. The molecule has 1 N–H and O–H groups in total. The molecule has 1 aliphatic rings. The molecule has 23 heavy (non-hydrogen) atoms. The Kier molecular flexibility index (Phi) is 6.86. The predicted octanol–water partition coefficient (Wildman–Crippen LogP) is 2.23. The second-order valence-electron chi connectivity index (χ2n) is 5.73. The van der Waals surface area contributed by atoms with Crippen LogP contribution >= 0.6 is 11.6 Å². The molecule has 0 unspecified atom stereocenters.